The topological polar surface area (TPSA) is 69.7 Å². The molecule has 4 amide bonds. The molecule has 1 saturated heterocycles. The van der Waals surface area contributed by atoms with Crippen LogP contribution in [0.2, 0.25) is 5.02 Å². The van der Waals surface area contributed by atoms with E-state index in [2.05, 4.69) is 5.32 Å². The number of rotatable bonds is 5. The summed E-state index contributed by atoms with van der Waals surface area (Å²) in [6, 6.07) is 15.6. The first-order valence-electron chi connectivity index (χ1n) is 8.50. The Morgan fingerprint density at radius 1 is 1.11 bits per heavy atom. The van der Waals surface area contributed by atoms with Gasteiger partial charge in [-0.1, -0.05) is 60.1 Å². The maximum atomic E-state index is 12.9. The van der Waals surface area contributed by atoms with Gasteiger partial charge in [0.25, 0.3) is 5.91 Å². The second-order valence-electron chi connectivity index (χ2n) is 6.65. The van der Waals surface area contributed by atoms with Crippen LogP contribution in [-0.2, 0) is 21.7 Å². The lowest BCUT2D eigenvalue weighted by Gasteiger charge is -2.23. The van der Waals surface area contributed by atoms with Crippen molar-refractivity contribution in [3.8, 4) is 0 Å². The fraction of sp³-hybridized carbons (Fsp3) is 0.250. The van der Waals surface area contributed by atoms with Gasteiger partial charge < -0.3 is 10.2 Å². The summed E-state index contributed by atoms with van der Waals surface area (Å²) < 4.78 is 0. The zero-order valence-corrected chi connectivity index (χ0v) is 15.9. The van der Waals surface area contributed by atoms with Gasteiger partial charge >= 0.3 is 6.03 Å². The first-order chi connectivity index (χ1) is 12.8. The molecule has 2 aromatic rings. The van der Waals surface area contributed by atoms with E-state index in [9.17, 15) is 14.4 Å². The molecule has 6 nitrogen and oxygen atoms in total. The van der Waals surface area contributed by atoms with Gasteiger partial charge in [-0.15, -0.1) is 0 Å². The number of benzene rings is 2. The van der Waals surface area contributed by atoms with Crippen molar-refractivity contribution in [3.63, 3.8) is 0 Å². The van der Waals surface area contributed by atoms with Crippen molar-refractivity contribution >= 4 is 29.4 Å². The van der Waals surface area contributed by atoms with E-state index in [0.29, 0.717) is 10.6 Å². The van der Waals surface area contributed by atoms with Crippen LogP contribution in [0.15, 0.2) is 54.6 Å². The normalized spacial score (nSPS) is 19.1. The van der Waals surface area contributed by atoms with Gasteiger partial charge in [-0.05, 0) is 24.1 Å². The Hall–Kier alpha value is -2.86. The maximum Gasteiger partial charge on any atom is 0.325 e. The van der Waals surface area contributed by atoms with Gasteiger partial charge in [0.2, 0.25) is 5.91 Å². The summed E-state index contributed by atoms with van der Waals surface area (Å²) in [5.74, 6) is -0.797. The minimum absolute atomic E-state index is 0.290. The van der Waals surface area contributed by atoms with Gasteiger partial charge in [0.1, 0.15) is 12.1 Å². The number of carbonyl (C=O) groups excluding carboxylic acids is 3. The van der Waals surface area contributed by atoms with E-state index in [1.807, 2.05) is 24.3 Å². The predicted molar refractivity (Wildman–Crippen MR) is 102 cm³/mol. The lowest BCUT2D eigenvalue weighted by atomic mass is 9.92. The number of carbonyl (C=O) groups is 3. The zero-order chi connectivity index (χ0) is 19.6. The maximum absolute atomic E-state index is 12.9. The largest absolute Gasteiger partial charge is 0.340 e. The molecule has 0 radical (unpaired) electrons. The molecule has 0 unspecified atom stereocenters. The van der Waals surface area contributed by atoms with E-state index in [-0.39, 0.29) is 19.0 Å². The molecule has 27 heavy (non-hydrogen) atoms. The molecule has 1 aliphatic heterocycles. The van der Waals surface area contributed by atoms with Crippen LogP contribution in [0.5, 0.6) is 0 Å². The van der Waals surface area contributed by atoms with E-state index < -0.39 is 17.5 Å². The number of nitrogens with zero attached hydrogens (tertiary/aromatic N) is 2. The molecule has 3 rings (SSSR count). The van der Waals surface area contributed by atoms with Crippen LogP contribution >= 0.6 is 11.6 Å². The van der Waals surface area contributed by atoms with Gasteiger partial charge in [0, 0.05) is 18.6 Å². The van der Waals surface area contributed by atoms with Crippen LogP contribution in [-0.4, -0.2) is 41.2 Å². The molecule has 140 valence electrons. The summed E-state index contributed by atoms with van der Waals surface area (Å²) in [5, 5.41) is 3.25. The standard InChI is InChI=1S/C20H20ClN3O3/c1-20(15-9-4-3-5-10-15)18(26)24(19(27)22-20)13-17(25)23(2)12-14-8-6-7-11-16(14)21/h3-11H,12-13H2,1-2H3,(H,22,27)/t20-/m1/s1. The van der Waals surface area contributed by atoms with E-state index in [1.54, 1.807) is 44.3 Å². The van der Waals surface area contributed by atoms with Gasteiger partial charge in [0.15, 0.2) is 0 Å². The number of amides is 4. The predicted octanol–water partition coefficient (Wildman–Crippen LogP) is 2.77. The molecular formula is C20H20ClN3O3. The van der Waals surface area contributed by atoms with Crippen molar-refractivity contribution in [2.45, 2.75) is 19.0 Å². The van der Waals surface area contributed by atoms with Crippen molar-refractivity contribution < 1.29 is 14.4 Å². The van der Waals surface area contributed by atoms with Crippen LogP contribution in [0, 0.1) is 0 Å². The third-order valence-corrected chi connectivity index (χ3v) is 5.08. The van der Waals surface area contributed by atoms with Crippen LogP contribution in [0.25, 0.3) is 0 Å². The molecule has 7 heteroatoms. The SMILES string of the molecule is CN(Cc1ccccc1Cl)C(=O)CN1C(=O)N[C@](C)(c2ccccc2)C1=O. The van der Waals surface area contributed by atoms with Crippen molar-refractivity contribution in [3.05, 3.63) is 70.7 Å². The Morgan fingerprint density at radius 3 is 2.41 bits per heavy atom. The summed E-state index contributed by atoms with van der Waals surface area (Å²) in [5.41, 5.74) is 0.281. The number of urea groups is 1. The molecule has 0 saturated carbocycles. The van der Waals surface area contributed by atoms with Crippen LogP contribution in [0.3, 0.4) is 0 Å². The molecule has 0 aliphatic carbocycles. The zero-order valence-electron chi connectivity index (χ0n) is 15.1. The summed E-state index contributed by atoms with van der Waals surface area (Å²) in [6.07, 6.45) is 0. The Balaban J connectivity index is 1.72. The lowest BCUT2D eigenvalue weighted by molar-refractivity contribution is -0.138. The third kappa shape index (κ3) is 3.66. The first-order valence-corrected chi connectivity index (χ1v) is 8.87. The van der Waals surface area contributed by atoms with Gasteiger partial charge in [0.05, 0.1) is 0 Å². The number of nitrogens with one attached hydrogen (secondary N) is 1. The average Bonchev–Trinajstić information content (AvgIpc) is 2.88. The van der Waals surface area contributed by atoms with Crippen LogP contribution in [0.4, 0.5) is 4.79 Å². The van der Waals surface area contributed by atoms with E-state index in [4.69, 9.17) is 11.6 Å². The Bertz CT molecular complexity index is 887. The summed E-state index contributed by atoms with van der Waals surface area (Å²) in [4.78, 5) is 40.2. The quantitative estimate of drug-likeness (QED) is 0.804. The molecule has 1 N–H and O–H groups in total. The second-order valence-corrected chi connectivity index (χ2v) is 7.06. The molecule has 0 aromatic heterocycles. The van der Waals surface area contributed by atoms with E-state index in [1.165, 1.54) is 4.90 Å². The van der Waals surface area contributed by atoms with Crippen molar-refractivity contribution in [2.24, 2.45) is 0 Å². The number of likely N-dealkylation sites (N-methyl/N-ethyl adjacent to an activating group) is 1. The monoisotopic (exact) mass is 385 g/mol. The number of imide groups is 1. The fourth-order valence-electron chi connectivity index (χ4n) is 3.03. The Morgan fingerprint density at radius 2 is 1.74 bits per heavy atom. The number of hydrogen-bond donors (Lipinski definition) is 1. The molecule has 0 bridgehead atoms. The van der Waals surface area contributed by atoms with E-state index in [0.717, 1.165) is 10.5 Å². The highest BCUT2D eigenvalue weighted by Gasteiger charge is 2.49. The summed E-state index contributed by atoms with van der Waals surface area (Å²) in [6.45, 7) is 1.60. The Labute approximate surface area is 162 Å². The molecule has 1 fully saturated rings. The highest BCUT2D eigenvalue weighted by atomic mass is 35.5. The van der Waals surface area contributed by atoms with Crippen molar-refractivity contribution in [1.29, 1.82) is 0 Å². The summed E-state index contributed by atoms with van der Waals surface area (Å²) >= 11 is 6.13. The molecule has 2 aromatic carbocycles. The molecule has 1 heterocycles. The third-order valence-electron chi connectivity index (χ3n) is 4.71. The van der Waals surface area contributed by atoms with Gasteiger partial charge in [-0.25, -0.2) is 4.79 Å². The van der Waals surface area contributed by atoms with Crippen molar-refractivity contribution in [2.75, 3.05) is 13.6 Å². The lowest BCUT2D eigenvalue weighted by Crippen LogP contribution is -2.43. The molecular weight excluding hydrogens is 366 g/mol. The minimum Gasteiger partial charge on any atom is -0.340 e. The highest BCUT2D eigenvalue weighted by molar-refractivity contribution is 6.31. The van der Waals surface area contributed by atoms with Gasteiger partial charge in [-0.2, -0.15) is 0 Å². The first kappa shape index (κ1) is 18.9. The van der Waals surface area contributed by atoms with Gasteiger partial charge in [-0.3, -0.25) is 14.5 Å². The van der Waals surface area contributed by atoms with E-state index >= 15 is 0 Å². The molecule has 1 aliphatic rings. The number of hydrogen-bond acceptors (Lipinski definition) is 3. The fourth-order valence-corrected chi connectivity index (χ4v) is 3.23. The van der Waals surface area contributed by atoms with Crippen LogP contribution < -0.4 is 5.32 Å². The molecule has 0 spiro atoms. The number of halogens is 1. The summed E-state index contributed by atoms with van der Waals surface area (Å²) in [7, 11) is 1.61. The average molecular weight is 386 g/mol. The Kier molecular flexibility index (Phi) is 5.19. The van der Waals surface area contributed by atoms with Crippen molar-refractivity contribution in [1.82, 2.24) is 15.1 Å². The second kappa shape index (κ2) is 7.40. The minimum atomic E-state index is -1.18. The highest BCUT2D eigenvalue weighted by Crippen LogP contribution is 2.28. The van der Waals surface area contributed by atoms with Crippen LogP contribution in [0.1, 0.15) is 18.1 Å². The smallest absolute Gasteiger partial charge is 0.325 e. The molecule has 1 atom stereocenters.